The molecule has 2 aromatic heterocycles. The van der Waals surface area contributed by atoms with E-state index in [9.17, 15) is 13.2 Å². The van der Waals surface area contributed by atoms with E-state index in [1.807, 2.05) is 21.7 Å². The van der Waals surface area contributed by atoms with Crippen LogP contribution in [0.15, 0.2) is 34.4 Å². The highest BCUT2D eigenvalue weighted by Gasteiger charge is 2.45. The normalized spacial score (nSPS) is 24.5. The largest absolute Gasteiger partial charge is 0.339 e. The summed E-state index contributed by atoms with van der Waals surface area (Å²) in [7, 11) is -1.79. The van der Waals surface area contributed by atoms with Crippen LogP contribution in [-0.2, 0) is 17.1 Å². The average Bonchev–Trinajstić information content (AvgIpc) is 3.29. The molecule has 0 radical (unpaired) electrons. The summed E-state index contributed by atoms with van der Waals surface area (Å²) >= 11 is 1.51. The fourth-order valence-corrected chi connectivity index (χ4v) is 5.68. The number of aromatic nitrogens is 2. The number of carbonyl (C=O) groups is 1. The SMILES string of the molecule is Cn1cnc(S(=O)(=O)N2CC3CN(C(=O)c4ccsc4)CC3C2)c1. The number of imidazole rings is 1. The van der Waals surface area contributed by atoms with E-state index < -0.39 is 10.0 Å². The Morgan fingerprint density at radius 2 is 1.96 bits per heavy atom. The minimum absolute atomic E-state index is 0.0461. The average molecular weight is 366 g/mol. The van der Waals surface area contributed by atoms with Gasteiger partial charge in [0.2, 0.25) is 0 Å². The molecule has 2 aliphatic heterocycles. The van der Waals surface area contributed by atoms with Gasteiger partial charge in [-0.25, -0.2) is 13.4 Å². The Hall–Kier alpha value is -1.71. The van der Waals surface area contributed by atoms with E-state index in [4.69, 9.17) is 0 Å². The number of hydrogen-bond donors (Lipinski definition) is 0. The molecule has 9 heteroatoms. The lowest BCUT2D eigenvalue weighted by Gasteiger charge is -2.20. The Bertz CT molecular complexity index is 845. The second-order valence-corrected chi connectivity index (χ2v) is 9.11. The van der Waals surface area contributed by atoms with Gasteiger partial charge in [0.25, 0.3) is 15.9 Å². The van der Waals surface area contributed by atoms with E-state index >= 15 is 0 Å². The van der Waals surface area contributed by atoms with Crippen molar-refractivity contribution in [1.82, 2.24) is 18.8 Å². The number of thiophene rings is 1. The molecule has 2 aliphatic rings. The van der Waals surface area contributed by atoms with Crippen LogP contribution in [0, 0.1) is 11.8 Å². The molecular weight excluding hydrogens is 348 g/mol. The maximum Gasteiger partial charge on any atom is 0.262 e. The van der Waals surface area contributed by atoms with Crippen LogP contribution >= 0.6 is 11.3 Å². The summed E-state index contributed by atoms with van der Waals surface area (Å²) in [5.74, 6) is 0.446. The predicted octanol–water partition coefficient (Wildman–Crippen LogP) is 0.874. The molecule has 24 heavy (non-hydrogen) atoms. The quantitative estimate of drug-likeness (QED) is 0.808. The molecule has 0 bridgehead atoms. The summed E-state index contributed by atoms with van der Waals surface area (Å²) in [6.07, 6.45) is 3.01. The van der Waals surface area contributed by atoms with Gasteiger partial charge in [-0.05, 0) is 23.3 Å². The van der Waals surface area contributed by atoms with Crippen molar-refractivity contribution in [2.75, 3.05) is 26.2 Å². The van der Waals surface area contributed by atoms with Crippen LogP contribution in [0.3, 0.4) is 0 Å². The summed E-state index contributed by atoms with van der Waals surface area (Å²) in [6.45, 7) is 2.15. The number of carbonyl (C=O) groups excluding carboxylic acids is 1. The van der Waals surface area contributed by atoms with Crippen molar-refractivity contribution in [2.24, 2.45) is 18.9 Å². The number of sulfonamides is 1. The number of aryl methyl sites for hydroxylation is 1. The maximum absolute atomic E-state index is 12.7. The maximum atomic E-state index is 12.7. The van der Waals surface area contributed by atoms with Crippen molar-refractivity contribution in [1.29, 1.82) is 0 Å². The first-order valence-corrected chi connectivity index (χ1v) is 10.1. The molecule has 0 N–H and O–H groups in total. The van der Waals surface area contributed by atoms with Crippen molar-refractivity contribution in [3.63, 3.8) is 0 Å². The first-order valence-electron chi connectivity index (χ1n) is 7.75. The van der Waals surface area contributed by atoms with Crippen LogP contribution in [0.5, 0.6) is 0 Å². The Kier molecular flexibility index (Phi) is 3.74. The standard InChI is InChI=1S/C15H18N4O3S2/c1-17-8-14(16-10-17)24(21,22)19-6-12-4-18(5-13(12)7-19)15(20)11-2-3-23-9-11/h2-3,8-10,12-13H,4-7H2,1H3. The van der Waals surface area contributed by atoms with E-state index in [0.717, 1.165) is 5.56 Å². The highest BCUT2D eigenvalue weighted by molar-refractivity contribution is 7.89. The minimum Gasteiger partial charge on any atom is -0.339 e. The number of rotatable bonds is 3. The monoisotopic (exact) mass is 366 g/mol. The topological polar surface area (TPSA) is 75.5 Å². The van der Waals surface area contributed by atoms with Gasteiger partial charge in [-0.2, -0.15) is 15.6 Å². The number of likely N-dealkylation sites (tertiary alicyclic amines) is 1. The molecule has 7 nitrogen and oxygen atoms in total. The molecule has 2 unspecified atom stereocenters. The summed E-state index contributed by atoms with van der Waals surface area (Å²) in [5, 5.41) is 3.84. The predicted molar refractivity (Wildman–Crippen MR) is 89.2 cm³/mol. The molecule has 2 fully saturated rings. The smallest absolute Gasteiger partial charge is 0.262 e. The van der Waals surface area contributed by atoms with Crippen molar-refractivity contribution in [3.8, 4) is 0 Å². The van der Waals surface area contributed by atoms with Crippen LogP contribution in [0.1, 0.15) is 10.4 Å². The Labute approximate surface area is 144 Å². The third-order valence-corrected chi connectivity index (χ3v) is 7.19. The van der Waals surface area contributed by atoms with Gasteiger partial charge in [-0.15, -0.1) is 0 Å². The van der Waals surface area contributed by atoms with Gasteiger partial charge in [0.15, 0.2) is 5.03 Å². The van der Waals surface area contributed by atoms with Gasteiger partial charge < -0.3 is 9.47 Å². The molecule has 0 aromatic carbocycles. The zero-order valence-corrected chi connectivity index (χ0v) is 14.8. The lowest BCUT2D eigenvalue weighted by Crippen LogP contribution is -2.35. The fourth-order valence-electron chi connectivity index (χ4n) is 3.54. The van der Waals surface area contributed by atoms with Gasteiger partial charge in [0.05, 0.1) is 11.9 Å². The van der Waals surface area contributed by atoms with Gasteiger partial charge >= 0.3 is 0 Å². The molecule has 2 saturated heterocycles. The third-order valence-electron chi connectivity index (χ3n) is 4.79. The van der Waals surface area contributed by atoms with Gasteiger partial charge in [-0.1, -0.05) is 0 Å². The Morgan fingerprint density at radius 1 is 1.25 bits per heavy atom. The van der Waals surface area contributed by atoms with E-state index in [1.165, 1.54) is 28.2 Å². The summed E-state index contributed by atoms with van der Waals surface area (Å²) < 4.78 is 28.4. The Balaban J connectivity index is 1.45. The van der Waals surface area contributed by atoms with Crippen LogP contribution in [0.25, 0.3) is 0 Å². The zero-order valence-electron chi connectivity index (χ0n) is 13.2. The minimum atomic E-state index is -3.54. The molecule has 0 spiro atoms. The van der Waals surface area contributed by atoms with Gasteiger partial charge in [0.1, 0.15) is 0 Å². The lowest BCUT2D eigenvalue weighted by molar-refractivity contribution is 0.0779. The molecule has 128 valence electrons. The first kappa shape index (κ1) is 15.8. The van der Waals surface area contributed by atoms with Crippen LogP contribution in [-0.4, -0.2) is 59.3 Å². The molecular formula is C15H18N4O3S2. The number of nitrogens with zero attached hydrogens (tertiary/aromatic N) is 4. The molecule has 4 heterocycles. The summed E-state index contributed by atoms with van der Waals surface area (Å²) in [5.41, 5.74) is 0.720. The highest BCUT2D eigenvalue weighted by Crippen LogP contribution is 2.34. The summed E-state index contributed by atoms with van der Waals surface area (Å²) in [6, 6.07) is 1.83. The highest BCUT2D eigenvalue weighted by atomic mass is 32.2. The molecule has 4 rings (SSSR count). The van der Waals surface area contributed by atoms with Crippen LogP contribution < -0.4 is 0 Å². The first-order chi connectivity index (χ1) is 11.4. The van der Waals surface area contributed by atoms with Crippen LogP contribution in [0.2, 0.25) is 0 Å². The second kappa shape index (κ2) is 5.68. The second-order valence-electron chi connectivity index (χ2n) is 6.44. The number of amides is 1. The van der Waals surface area contributed by atoms with Crippen molar-refractivity contribution in [2.45, 2.75) is 5.03 Å². The Morgan fingerprint density at radius 3 is 2.50 bits per heavy atom. The van der Waals surface area contributed by atoms with E-state index in [2.05, 4.69) is 4.98 Å². The van der Waals surface area contributed by atoms with Crippen molar-refractivity contribution < 1.29 is 13.2 Å². The molecule has 2 atom stereocenters. The zero-order chi connectivity index (χ0) is 16.9. The number of hydrogen-bond acceptors (Lipinski definition) is 5. The molecule has 0 saturated carbocycles. The fraction of sp³-hybridized carbons (Fsp3) is 0.467. The molecule has 1 amide bonds. The third kappa shape index (κ3) is 2.56. The van der Waals surface area contributed by atoms with Crippen LogP contribution in [0.4, 0.5) is 0 Å². The molecule has 2 aromatic rings. The van der Waals surface area contributed by atoms with E-state index in [0.29, 0.717) is 26.2 Å². The number of fused-ring (bicyclic) bond motifs is 1. The molecule has 0 aliphatic carbocycles. The van der Waals surface area contributed by atoms with E-state index in [-0.39, 0.29) is 22.8 Å². The van der Waals surface area contributed by atoms with Crippen molar-refractivity contribution >= 4 is 27.3 Å². The van der Waals surface area contributed by atoms with Gasteiger partial charge in [-0.3, -0.25) is 4.79 Å². The van der Waals surface area contributed by atoms with Gasteiger partial charge in [0, 0.05) is 44.8 Å². The lowest BCUT2D eigenvalue weighted by atomic mass is 10.0. The van der Waals surface area contributed by atoms with E-state index in [1.54, 1.807) is 11.6 Å². The van der Waals surface area contributed by atoms with Crippen molar-refractivity contribution in [3.05, 3.63) is 34.9 Å². The summed E-state index contributed by atoms with van der Waals surface area (Å²) in [4.78, 5) is 18.3.